The zero-order chi connectivity index (χ0) is 20.9. The van der Waals surface area contributed by atoms with Gasteiger partial charge in [0.15, 0.2) is 0 Å². The van der Waals surface area contributed by atoms with Crippen molar-refractivity contribution in [3.8, 4) is 0 Å². The number of carbonyl (C=O) groups excluding carboxylic acids is 1. The highest BCUT2D eigenvalue weighted by Crippen LogP contribution is 2.12. The van der Waals surface area contributed by atoms with Crippen LogP contribution >= 0.6 is 0 Å². The molecule has 1 heterocycles. The summed E-state index contributed by atoms with van der Waals surface area (Å²) in [7, 11) is -3.57. The van der Waals surface area contributed by atoms with Crippen molar-refractivity contribution in [1.82, 2.24) is 24.8 Å². The van der Waals surface area contributed by atoms with E-state index in [1.54, 1.807) is 55.2 Å². The Morgan fingerprint density at radius 1 is 1.10 bits per heavy atom. The highest BCUT2D eigenvalue weighted by Gasteiger charge is 2.15. The van der Waals surface area contributed by atoms with E-state index in [-0.39, 0.29) is 23.4 Å². The van der Waals surface area contributed by atoms with Gasteiger partial charge in [0.05, 0.1) is 11.4 Å². The average molecular weight is 414 g/mol. The SMILES string of the molecule is CC(C)NS(=O)(=O)c1cccc(CNC(=O)c2ccc(Cn3cncn3)cc2)c1. The minimum Gasteiger partial charge on any atom is -0.348 e. The van der Waals surface area contributed by atoms with Crippen molar-refractivity contribution in [1.29, 1.82) is 0 Å². The van der Waals surface area contributed by atoms with E-state index in [0.717, 1.165) is 5.56 Å². The maximum Gasteiger partial charge on any atom is 0.251 e. The average Bonchev–Trinajstić information content (AvgIpc) is 3.19. The predicted octanol–water partition coefficient (Wildman–Crippen LogP) is 1.94. The third-order valence-electron chi connectivity index (χ3n) is 4.08. The highest BCUT2D eigenvalue weighted by molar-refractivity contribution is 7.89. The first-order valence-electron chi connectivity index (χ1n) is 9.14. The van der Waals surface area contributed by atoms with Crippen molar-refractivity contribution in [3.63, 3.8) is 0 Å². The van der Waals surface area contributed by atoms with Gasteiger partial charge in [0.2, 0.25) is 10.0 Å². The molecule has 152 valence electrons. The van der Waals surface area contributed by atoms with Gasteiger partial charge in [-0.15, -0.1) is 0 Å². The van der Waals surface area contributed by atoms with Crippen molar-refractivity contribution in [3.05, 3.63) is 77.9 Å². The molecule has 3 aromatic rings. The van der Waals surface area contributed by atoms with Crippen LogP contribution in [0.2, 0.25) is 0 Å². The smallest absolute Gasteiger partial charge is 0.251 e. The van der Waals surface area contributed by atoms with Crippen LogP contribution < -0.4 is 10.0 Å². The summed E-state index contributed by atoms with van der Waals surface area (Å²) in [5.74, 6) is -0.231. The molecule has 3 rings (SSSR count). The second-order valence-corrected chi connectivity index (χ2v) is 8.61. The quantitative estimate of drug-likeness (QED) is 0.587. The Morgan fingerprint density at radius 2 is 1.86 bits per heavy atom. The largest absolute Gasteiger partial charge is 0.348 e. The summed E-state index contributed by atoms with van der Waals surface area (Å²) in [6.07, 6.45) is 3.10. The van der Waals surface area contributed by atoms with Crippen LogP contribution in [-0.4, -0.2) is 35.1 Å². The standard InChI is InChI=1S/C20H23N5O3S/c1-15(2)24-29(27,28)19-5-3-4-17(10-19)11-22-20(26)18-8-6-16(7-9-18)12-25-14-21-13-23-25/h3-10,13-15,24H,11-12H2,1-2H3,(H,22,26). The second kappa shape index (κ2) is 8.97. The van der Waals surface area contributed by atoms with E-state index in [2.05, 4.69) is 20.1 Å². The van der Waals surface area contributed by atoms with Crippen LogP contribution in [0.3, 0.4) is 0 Å². The van der Waals surface area contributed by atoms with Crippen LogP contribution in [0.5, 0.6) is 0 Å². The van der Waals surface area contributed by atoms with Gasteiger partial charge in [-0.05, 0) is 49.2 Å². The van der Waals surface area contributed by atoms with Crippen LogP contribution in [0.4, 0.5) is 0 Å². The lowest BCUT2D eigenvalue weighted by Crippen LogP contribution is -2.30. The topological polar surface area (TPSA) is 106 Å². The molecule has 0 unspecified atom stereocenters. The summed E-state index contributed by atoms with van der Waals surface area (Å²) >= 11 is 0. The molecule has 1 aromatic heterocycles. The molecule has 2 N–H and O–H groups in total. The lowest BCUT2D eigenvalue weighted by molar-refractivity contribution is 0.0951. The normalized spacial score (nSPS) is 11.6. The van der Waals surface area contributed by atoms with Crippen molar-refractivity contribution in [2.45, 2.75) is 37.9 Å². The summed E-state index contributed by atoms with van der Waals surface area (Å²) in [5.41, 5.74) is 2.23. The Hall–Kier alpha value is -3.04. The zero-order valence-electron chi connectivity index (χ0n) is 16.2. The molecule has 0 aliphatic carbocycles. The molecule has 9 heteroatoms. The van der Waals surface area contributed by atoms with E-state index in [1.807, 2.05) is 12.1 Å². The number of nitrogens with zero attached hydrogens (tertiary/aromatic N) is 3. The fourth-order valence-corrected chi connectivity index (χ4v) is 4.07. The van der Waals surface area contributed by atoms with Crippen molar-refractivity contribution >= 4 is 15.9 Å². The first-order valence-corrected chi connectivity index (χ1v) is 10.6. The third kappa shape index (κ3) is 5.72. The minimum atomic E-state index is -3.57. The summed E-state index contributed by atoms with van der Waals surface area (Å²) in [6.45, 7) is 4.33. The fourth-order valence-electron chi connectivity index (χ4n) is 2.75. The number of sulfonamides is 1. The summed E-state index contributed by atoms with van der Waals surface area (Å²) in [5, 5.41) is 6.87. The number of hydrogen-bond acceptors (Lipinski definition) is 5. The van der Waals surface area contributed by atoms with Crippen LogP contribution in [-0.2, 0) is 23.1 Å². The lowest BCUT2D eigenvalue weighted by Gasteiger charge is -2.11. The van der Waals surface area contributed by atoms with Crippen molar-refractivity contribution < 1.29 is 13.2 Å². The van der Waals surface area contributed by atoms with E-state index in [9.17, 15) is 13.2 Å². The van der Waals surface area contributed by atoms with Crippen molar-refractivity contribution in [2.75, 3.05) is 0 Å². The number of rotatable bonds is 8. The first kappa shape index (κ1) is 20.7. The summed E-state index contributed by atoms with van der Waals surface area (Å²) in [6, 6.07) is 13.5. The molecule has 0 saturated carbocycles. The molecule has 29 heavy (non-hydrogen) atoms. The molecule has 0 saturated heterocycles. The Labute approximate surface area is 170 Å². The third-order valence-corrected chi connectivity index (χ3v) is 5.74. The Kier molecular flexibility index (Phi) is 6.40. The second-order valence-electron chi connectivity index (χ2n) is 6.90. The summed E-state index contributed by atoms with van der Waals surface area (Å²) < 4.78 is 28.8. The molecule has 0 fully saturated rings. The highest BCUT2D eigenvalue weighted by atomic mass is 32.2. The fraction of sp³-hybridized carbons (Fsp3) is 0.250. The molecule has 0 aliphatic rings. The molecule has 0 atom stereocenters. The number of amides is 1. The van der Waals surface area contributed by atoms with Gasteiger partial charge in [-0.2, -0.15) is 5.10 Å². The van der Waals surface area contributed by atoms with E-state index >= 15 is 0 Å². The maximum atomic E-state index is 12.4. The monoisotopic (exact) mass is 413 g/mol. The van der Waals surface area contributed by atoms with E-state index < -0.39 is 10.0 Å². The predicted molar refractivity (Wildman–Crippen MR) is 109 cm³/mol. The molecule has 0 spiro atoms. The Morgan fingerprint density at radius 3 is 2.52 bits per heavy atom. The van der Waals surface area contributed by atoms with Crippen LogP contribution in [0.1, 0.15) is 35.3 Å². The van der Waals surface area contributed by atoms with E-state index in [1.165, 1.54) is 12.4 Å². The van der Waals surface area contributed by atoms with Crippen molar-refractivity contribution in [2.24, 2.45) is 0 Å². The van der Waals surface area contributed by atoms with Gasteiger partial charge in [0, 0.05) is 18.2 Å². The molecule has 1 amide bonds. The van der Waals surface area contributed by atoms with Gasteiger partial charge in [-0.25, -0.2) is 22.8 Å². The Bertz CT molecular complexity index is 1060. The van der Waals surface area contributed by atoms with Crippen LogP contribution in [0, 0.1) is 0 Å². The summed E-state index contributed by atoms with van der Waals surface area (Å²) in [4.78, 5) is 16.5. The van der Waals surface area contributed by atoms with Gasteiger partial charge < -0.3 is 5.32 Å². The van der Waals surface area contributed by atoms with Crippen LogP contribution in [0.15, 0.2) is 66.1 Å². The molecule has 0 aliphatic heterocycles. The molecular formula is C20H23N5O3S. The maximum absolute atomic E-state index is 12.4. The van der Waals surface area contributed by atoms with E-state index in [4.69, 9.17) is 0 Å². The molecule has 8 nitrogen and oxygen atoms in total. The number of aromatic nitrogens is 3. The minimum absolute atomic E-state index is 0.176. The van der Waals surface area contributed by atoms with Crippen LogP contribution in [0.25, 0.3) is 0 Å². The molecule has 0 radical (unpaired) electrons. The first-order chi connectivity index (χ1) is 13.8. The number of nitrogens with one attached hydrogen (secondary N) is 2. The molecule has 2 aromatic carbocycles. The van der Waals surface area contributed by atoms with E-state index in [0.29, 0.717) is 17.7 Å². The molecular weight excluding hydrogens is 390 g/mol. The van der Waals surface area contributed by atoms with Gasteiger partial charge >= 0.3 is 0 Å². The number of hydrogen-bond donors (Lipinski definition) is 2. The number of carbonyl (C=O) groups is 1. The van der Waals surface area contributed by atoms with Gasteiger partial charge in [-0.1, -0.05) is 24.3 Å². The van der Waals surface area contributed by atoms with Gasteiger partial charge in [-0.3, -0.25) is 4.79 Å². The van der Waals surface area contributed by atoms with Gasteiger partial charge in [0.25, 0.3) is 5.91 Å². The van der Waals surface area contributed by atoms with Gasteiger partial charge in [0.1, 0.15) is 12.7 Å². The lowest BCUT2D eigenvalue weighted by atomic mass is 10.1. The zero-order valence-corrected chi connectivity index (χ0v) is 17.1. The number of benzene rings is 2. The molecule has 0 bridgehead atoms. The Balaban J connectivity index is 1.61.